The van der Waals surface area contributed by atoms with Crippen molar-refractivity contribution in [3.05, 3.63) is 98.1 Å². The fraction of sp³-hybridized carbons (Fsp3) is 0.281. The summed E-state index contributed by atoms with van der Waals surface area (Å²) in [6.45, 7) is 8.59. The van der Waals surface area contributed by atoms with Crippen molar-refractivity contribution >= 4 is 56.8 Å². The molecule has 0 saturated carbocycles. The Morgan fingerprint density at radius 1 is 1.12 bits per heavy atom. The third-order valence-corrected chi connectivity index (χ3v) is 8.77. The van der Waals surface area contributed by atoms with E-state index in [-0.39, 0.29) is 12.5 Å². The molecule has 11 heteroatoms. The van der Waals surface area contributed by atoms with Crippen molar-refractivity contribution in [1.82, 2.24) is 14.8 Å². The van der Waals surface area contributed by atoms with Gasteiger partial charge in [0.2, 0.25) is 11.1 Å². The Morgan fingerprint density at radius 3 is 2.67 bits per heavy atom. The first-order valence-corrected chi connectivity index (χ1v) is 16.2. The van der Waals surface area contributed by atoms with Crippen LogP contribution in [0.25, 0.3) is 0 Å². The number of amides is 1. The topological polar surface area (TPSA) is 90.3 Å². The largest absolute Gasteiger partial charge is 0.490 e. The number of nitrogens with zero attached hydrogens (tertiary/aromatic N) is 3. The summed E-state index contributed by atoms with van der Waals surface area (Å²) in [7, 11) is 0. The van der Waals surface area contributed by atoms with Crippen molar-refractivity contribution in [1.29, 1.82) is 0 Å². The SMILES string of the molecule is CCCSc1nc2n(n1)C(c1cc(Br)c(OCc3ccccc3Cl)c(OCC)c1)C(C(=O)Nc1cccc(C)c1)=C(C)N2. The number of halogens is 2. The van der Waals surface area contributed by atoms with Gasteiger partial charge in [-0.3, -0.25) is 4.79 Å². The molecule has 1 aliphatic heterocycles. The Kier molecular flexibility index (Phi) is 10.00. The molecule has 0 fully saturated rings. The average Bonchev–Trinajstić information content (AvgIpc) is 3.38. The average molecular weight is 683 g/mol. The predicted octanol–water partition coefficient (Wildman–Crippen LogP) is 8.41. The second-order valence-electron chi connectivity index (χ2n) is 10.0. The number of allylic oxidation sites excluding steroid dienone is 1. The quantitative estimate of drug-likeness (QED) is 0.154. The van der Waals surface area contributed by atoms with Gasteiger partial charge in [-0.05, 0) is 84.6 Å². The number of fused-ring (bicyclic) bond motifs is 1. The molecule has 1 aromatic heterocycles. The van der Waals surface area contributed by atoms with Crippen LogP contribution < -0.4 is 20.1 Å². The number of aromatic nitrogens is 3. The Hall–Kier alpha value is -3.47. The highest BCUT2D eigenvalue weighted by Gasteiger charge is 2.35. The zero-order valence-corrected chi connectivity index (χ0v) is 27.6. The first-order valence-electron chi connectivity index (χ1n) is 14.1. The van der Waals surface area contributed by atoms with Crippen molar-refractivity contribution in [2.75, 3.05) is 23.0 Å². The highest BCUT2D eigenvalue weighted by atomic mass is 79.9. The van der Waals surface area contributed by atoms with Gasteiger partial charge in [0.05, 0.1) is 16.7 Å². The van der Waals surface area contributed by atoms with Crippen molar-refractivity contribution < 1.29 is 14.3 Å². The molecule has 4 aromatic rings. The van der Waals surface area contributed by atoms with Crippen LogP contribution in [0.2, 0.25) is 5.02 Å². The zero-order chi connectivity index (χ0) is 30.5. The van der Waals surface area contributed by atoms with E-state index < -0.39 is 6.04 Å². The molecule has 5 rings (SSSR count). The lowest BCUT2D eigenvalue weighted by atomic mass is 9.94. The number of thioether (sulfide) groups is 1. The van der Waals surface area contributed by atoms with Crippen LogP contribution in [0, 0.1) is 6.92 Å². The zero-order valence-electron chi connectivity index (χ0n) is 24.4. The van der Waals surface area contributed by atoms with E-state index in [1.807, 2.05) is 81.4 Å². The number of benzene rings is 3. The fourth-order valence-electron chi connectivity index (χ4n) is 4.82. The Morgan fingerprint density at radius 2 is 1.93 bits per heavy atom. The van der Waals surface area contributed by atoms with E-state index in [1.165, 1.54) is 0 Å². The fourth-order valence-corrected chi connectivity index (χ4v) is 6.27. The summed E-state index contributed by atoms with van der Waals surface area (Å²) in [6, 6.07) is 18.5. The van der Waals surface area contributed by atoms with E-state index in [4.69, 9.17) is 31.2 Å². The van der Waals surface area contributed by atoms with Gasteiger partial charge < -0.3 is 20.1 Å². The maximum Gasteiger partial charge on any atom is 0.255 e. The molecule has 3 aromatic carbocycles. The third-order valence-electron chi connectivity index (χ3n) is 6.77. The number of nitrogens with one attached hydrogen (secondary N) is 2. The minimum absolute atomic E-state index is 0.238. The summed E-state index contributed by atoms with van der Waals surface area (Å²) in [5.74, 6) is 2.30. The van der Waals surface area contributed by atoms with E-state index in [0.717, 1.165) is 28.9 Å². The van der Waals surface area contributed by atoms with Crippen LogP contribution in [-0.2, 0) is 11.4 Å². The summed E-state index contributed by atoms with van der Waals surface area (Å²) in [6.07, 6.45) is 0.993. The van der Waals surface area contributed by atoms with Crippen LogP contribution in [0.3, 0.4) is 0 Å². The number of hydrogen-bond acceptors (Lipinski definition) is 7. The van der Waals surface area contributed by atoms with Crippen LogP contribution in [0.1, 0.15) is 49.9 Å². The number of ether oxygens (including phenoxy) is 2. The van der Waals surface area contributed by atoms with Gasteiger partial charge in [-0.1, -0.05) is 60.6 Å². The predicted molar refractivity (Wildman–Crippen MR) is 176 cm³/mol. The number of carbonyl (C=O) groups is 1. The molecular formula is C32H33BrClN5O3S. The van der Waals surface area contributed by atoms with Crippen LogP contribution in [0.5, 0.6) is 11.5 Å². The minimum atomic E-state index is -0.586. The van der Waals surface area contributed by atoms with Gasteiger partial charge in [0, 0.05) is 27.7 Å². The molecular weight excluding hydrogens is 650 g/mol. The minimum Gasteiger partial charge on any atom is -0.490 e. The lowest BCUT2D eigenvalue weighted by Gasteiger charge is -2.29. The van der Waals surface area contributed by atoms with Gasteiger partial charge in [0.1, 0.15) is 12.6 Å². The van der Waals surface area contributed by atoms with Gasteiger partial charge in [0.15, 0.2) is 11.5 Å². The summed E-state index contributed by atoms with van der Waals surface area (Å²) >= 11 is 11.7. The van der Waals surface area contributed by atoms with Crippen molar-refractivity contribution in [3.8, 4) is 11.5 Å². The van der Waals surface area contributed by atoms with Gasteiger partial charge in [0.25, 0.3) is 5.91 Å². The van der Waals surface area contributed by atoms with Crippen LogP contribution in [0.15, 0.2) is 81.6 Å². The highest BCUT2D eigenvalue weighted by Crippen LogP contribution is 2.44. The first kappa shape index (κ1) is 31.0. The van der Waals surface area contributed by atoms with E-state index in [1.54, 1.807) is 16.4 Å². The van der Waals surface area contributed by atoms with Crippen LogP contribution in [-0.4, -0.2) is 33.0 Å². The van der Waals surface area contributed by atoms with E-state index >= 15 is 0 Å². The standard InChI is InChI=1S/C32H33BrClN5O3S/c1-5-14-43-32-37-31-35-20(4)27(30(40)36-23-12-9-10-19(3)15-23)28(39(31)38-32)22-16-24(33)29(26(17-22)41-6-2)42-18-21-11-7-8-13-25(21)34/h7-13,15-17,28H,5-6,14,18H2,1-4H3,(H,36,40)(H,35,37,38). The molecule has 1 atom stereocenters. The molecule has 0 radical (unpaired) electrons. The normalized spacial score (nSPS) is 14.2. The monoisotopic (exact) mass is 681 g/mol. The molecule has 1 amide bonds. The molecule has 0 aliphatic carbocycles. The Balaban J connectivity index is 1.57. The maximum atomic E-state index is 14.0. The van der Waals surface area contributed by atoms with E-state index in [0.29, 0.717) is 55.7 Å². The molecule has 0 bridgehead atoms. The molecule has 224 valence electrons. The number of rotatable bonds is 11. The summed E-state index contributed by atoms with van der Waals surface area (Å²) in [5.41, 5.74) is 4.62. The molecule has 1 unspecified atom stereocenters. The van der Waals surface area contributed by atoms with Crippen LogP contribution >= 0.6 is 39.3 Å². The molecule has 2 heterocycles. The highest BCUT2D eigenvalue weighted by molar-refractivity contribution is 9.10. The second kappa shape index (κ2) is 13.9. The summed E-state index contributed by atoms with van der Waals surface area (Å²) in [4.78, 5) is 18.7. The number of anilines is 2. The lowest BCUT2D eigenvalue weighted by molar-refractivity contribution is -0.113. The van der Waals surface area contributed by atoms with Crippen molar-refractivity contribution in [2.45, 2.75) is 51.9 Å². The smallest absolute Gasteiger partial charge is 0.255 e. The molecule has 8 nitrogen and oxygen atoms in total. The summed E-state index contributed by atoms with van der Waals surface area (Å²) in [5, 5.41) is 12.5. The molecule has 2 N–H and O–H groups in total. The van der Waals surface area contributed by atoms with E-state index in [9.17, 15) is 4.79 Å². The van der Waals surface area contributed by atoms with Gasteiger partial charge >= 0.3 is 0 Å². The second-order valence-corrected chi connectivity index (χ2v) is 12.4. The van der Waals surface area contributed by atoms with E-state index in [2.05, 4.69) is 33.5 Å². The third kappa shape index (κ3) is 7.03. The van der Waals surface area contributed by atoms with Gasteiger partial charge in [-0.15, -0.1) is 5.10 Å². The molecule has 1 aliphatic rings. The van der Waals surface area contributed by atoms with Gasteiger partial charge in [-0.25, -0.2) is 4.68 Å². The molecule has 0 spiro atoms. The first-order chi connectivity index (χ1) is 20.8. The lowest BCUT2D eigenvalue weighted by Crippen LogP contribution is -2.31. The number of aryl methyl sites for hydroxylation is 1. The Bertz CT molecular complexity index is 1670. The molecule has 43 heavy (non-hydrogen) atoms. The summed E-state index contributed by atoms with van der Waals surface area (Å²) < 4.78 is 14.8. The Labute approximate surface area is 269 Å². The number of carbonyl (C=O) groups excluding carboxylic acids is 1. The van der Waals surface area contributed by atoms with Crippen molar-refractivity contribution in [3.63, 3.8) is 0 Å². The molecule has 0 saturated heterocycles. The number of hydrogen-bond donors (Lipinski definition) is 2. The van der Waals surface area contributed by atoms with Crippen molar-refractivity contribution in [2.24, 2.45) is 0 Å². The van der Waals surface area contributed by atoms with Crippen LogP contribution in [0.4, 0.5) is 11.6 Å². The van der Waals surface area contributed by atoms with Gasteiger partial charge in [-0.2, -0.15) is 4.98 Å². The maximum absolute atomic E-state index is 14.0.